The summed E-state index contributed by atoms with van der Waals surface area (Å²) in [6, 6.07) is 7.11. The topological polar surface area (TPSA) is 17.1 Å². The van der Waals surface area contributed by atoms with Crippen LogP contribution in [0.5, 0.6) is 0 Å². The smallest absolute Gasteiger partial charge is 0.191 e. The van der Waals surface area contributed by atoms with Crippen molar-refractivity contribution in [1.29, 1.82) is 0 Å². The van der Waals surface area contributed by atoms with Crippen molar-refractivity contribution in [2.75, 3.05) is 0 Å². The van der Waals surface area contributed by atoms with Crippen LogP contribution in [0.1, 0.15) is 10.4 Å². The Hall–Kier alpha value is 0.140. The summed E-state index contributed by atoms with van der Waals surface area (Å²) in [6.07, 6.45) is 0. The number of Topliss-reactive ketones (excluding diaryl/α,β-unsaturated/α-hetero) is 1. The Balaban J connectivity index is 2.96. The summed E-state index contributed by atoms with van der Waals surface area (Å²) >= 11 is 11.8. The highest BCUT2D eigenvalue weighted by Crippen LogP contribution is 2.17. The van der Waals surface area contributed by atoms with Crippen LogP contribution in [0.15, 0.2) is 28.7 Å². The van der Waals surface area contributed by atoms with E-state index in [1.165, 1.54) is 0 Å². The van der Waals surface area contributed by atoms with E-state index in [-0.39, 0.29) is 5.78 Å². The second kappa shape index (κ2) is 4.40. The maximum atomic E-state index is 11.3. The van der Waals surface area contributed by atoms with E-state index < -0.39 is 4.29 Å². The van der Waals surface area contributed by atoms with E-state index in [2.05, 4.69) is 31.9 Å². The third kappa shape index (κ3) is 2.57. The molecule has 0 bridgehead atoms. The second-order valence-electron chi connectivity index (χ2n) is 2.18. The Morgan fingerprint density at radius 1 is 1.50 bits per heavy atom. The predicted molar refractivity (Wildman–Crippen MR) is 57.0 cm³/mol. The van der Waals surface area contributed by atoms with Gasteiger partial charge in [-0.05, 0) is 12.1 Å². The van der Waals surface area contributed by atoms with Crippen LogP contribution < -0.4 is 0 Å². The van der Waals surface area contributed by atoms with Gasteiger partial charge >= 0.3 is 0 Å². The average molecular weight is 312 g/mol. The monoisotopic (exact) mass is 310 g/mol. The summed E-state index contributed by atoms with van der Waals surface area (Å²) in [5, 5.41) is 0. The maximum Gasteiger partial charge on any atom is 0.191 e. The Morgan fingerprint density at radius 3 is 2.67 bits per heavy atom. The number of ketones is 1. The zero-order valence-electron chi connectivity index (χ0n) is 5.93. The number of halogens is 3. The van der Waals surface area contributed by atoms with Gasteiger partial charge < -0.3 is 0 Å². The third-order valence-electron chi connectivity index (χ3n) is 1.31. The molecule has 4 heteroatoms. The number of hydrogen-bond donors (Lipinski definition) is 0. The Bertz CT molecular complexity index is 299. The quantitative estimate of drug-likeness (QED) is 0.602. The van der Waals surface area contributed by atoms with E-state index >= 15 is 0 Å². The number of alkyl halides is 2. The Kier molecular flexibility index (Phi) is 3.75. The molecule has 1 nitrogen and oxygen atoms in total. The molecular weight excluding hydrogens is 307 g/mol. The molecule has 0 radical (unpaired) electrons. The number of benzene rings is 1. The largest absolute Gasteiger partial charge is 0.292 e. The Morgan fingerprint density at radius 2 is 2.17 bits per heavy atom. The summed E-state index contributed by atoms with van der Waals surface area (Å²) in [5.41, 5.74) is 0.598. The van der Waals surface area contributed by atoms with E-state index in [0.29, 0.717) is 5.56 Å². The average Bonchev–Trinajstić information content (AvgIpc) is 2.03. The van der Waals surface area contributed by atoms with Gasteiger partial charge in [0.15, 0.2) is 10.1 Å². The van der Waals surface area contributed by atoms with Crippen molar-refractivity contribution >= 4 is 49.2 Å². The van der Waals surface area contributed by atoms with Crippen molar-refractivity contribution in [2.45, 2.75) is 4.29 Å². The first-order valence-corrected chi connectivity index (χ1v) is 5.33. The molecule has 0 aliphatic heterocycles. The van der Waals surface area contributed by atoms with Crippen LogP contribution in [-0.2, 0) is 0 Å². The lowest BCUT2D eigenvalue weighted by Gasteiger charge is -2.00. The van der Waals surface area contributed by atoms with E-state index in [9.17, 15) is 4.79 Å². The lowest BCUT2D eigenvalue weighted by atomic mass is 10.2. The van der Waals surface area contributed by atoms with Crippen LogP contribution >= 0.6 is 43.5 Å². The number of carbonyl (C=O) groups excluding carboxylic acids is 1. The molecule has 12 heavy (non-hydrogen) atoms. The van der Waals surface area contributed by atoms with E-state index in [1.54, 1.807) is 18.2 Å². The van der Waals surface area contributed by atoms with E-state index in [0.717, 1.165) is 4.47 Å². The van der Waals surface area contributed by atoms with Crippen molar-refractivity contribution in [3.05, 3.63) is 34.3 Å². The summed E-state index contributed by atoms with van der Waals surface area (Å²) in [7, 11) is 0. The standard InChI is InChI=1S/C8H5Br2ClO/c9-6-3-1-2-5(4-6)7(12)8(10)11/h1-4,8H. The molecule has 1 aromatic rings. The van der Waals surface area contributed by atoms with E-state index in [1.807, 2.05) is 6.07 Å². The first kappa shape index (κ1) is 10.2. The summed E-state index contributed by atoms with van der Waals surface area (Å²) in [5.74, 6) is -0.127. The fraction of sp³-hybridized carbons (Fsp3) is 0.125. The molecule has 1 aromatic carbocycles. The molecule has 0 heterocycles. The van der Waals surface area contributed by atoms with Crippen molar-refractivity contribution in [2.24, 2.45) is 0 Å². The van der Waals surface area contributed by atoms with Gasteiger partial charge in [-0.25, -0.2) is 0 Å². The maximum absolute atomic E-state index is 11.3. The highest BCUT2D eigenvalue weighted by molar-refractivity contribution is 9.10. The van der Waals surface area contributed by atoms with Gasteiger partial charge in [-0.3, -0.25) is 4.79 Å². The third-order valence-corrected chi connectivity index (χ3v) is 2.41. The first-order valence-electron chi connectivity index (χ1n) is 3.19. The molecular formula is C8H5Br2ClO. The van der Waals surface area contributed by atoms with Crippen molar-refractivity contribution in [3.8, 4) is 0 Å². The van der Waals surface area contributed by atoms with Gasteiger partial charge in [-0.2, -0.15) is 0 Å². The fourth-order valence-corrected chi connectivity index (χ4v) is 1.56. The van der Waals surface area contributed by atoms with Gasteiger partial charge in [0.1, 0.15) is 0 Å². The number of rotatable bonds is 2. The Labute approximate surface area is 92.4 Å². The molecule has 1 rings (SSSR count). The van der Waals surface area contributed by atoms with Gasteiger partial charge in [0.25, 0.3) is 0 Å². The van der Waals surface area contributed by atoms with Crippen molar-refractivity contribution in [1.82, 2.24) is 0 Å². The summed E-state index contributed by atoms with van der Waals surface area (Å²) < 4.78 is 0.227. The molecule has 1 atom stereocenters. The molecule has 1 unspecified atom stereocenters. The van der Waals surface area contributed by atoms with Crippen LogP contribution in [0.4, 0.5) is 0 Å². The molecule has 0 aromatic heterocycles. The summed E-state index contributed by atoms with van der Waals surface area (Å²) in [4.78, 5) is 11.3. The van der Waals surface area contributed by atoms with Gasteiger partial charge in [-0.1, -0.05) is 44.0 Å². The molecule has 0 N–H and O–H groups in total. The zero-order chi connectivity index (χ0) is 9.14. The SMILES string of the molecule is O=C(c1cccc(Br)c1)C(Cl)Br. The lowest BCUT2D eigenvalue weighted by molar-refractivity contribution is 0.101. The summed E-state index contributed by atoms with van der Waals surface area (Å²) in [6.45, 7) is 0. The molecule has 0 saturated heterocycles. The molecule has 0 aliphatic rings. The van der Waals surface area contributed by atoms with Crippen molar-refractivity contribution in [3.63, 3.8) is 0 Å². The first-order chi connectivity index (χ1) is 5.61. The molecule has 0 saturated carbocycles. The second-order valence-corrected chi connectivity index (χ2v) is 4.97. The zero-order valence-corrected chi connectivity index (χ0v) is 9.86. The minimum atomic E-state index is -0.646. The van der Waals surface area contributed by atoms with Crippen molar-refractivity contribution < 1.29 is 4.79 Å². The van der Waals surface area contributed by atoms with Gasteiger partial charge in [0.05, 0.1) is 0 Å². The molecule has 0 fully saturated rings. The van der Waals surface area contributed by atoms with E-state index in [4.69, 9.17) is 11.6 Å². The molecule has 0 spiro atoms. The normalized spacial score (nSPS) is 12.6. The minimum Gasteiger partial charge on any atom is -0.292 e. The highest BCUT2D eigenvalue weighted by Gasteiger charge is 2.13. The number of carbonyl (C=O) groups is 1. The fourth-order valence-electron chi connectivity index (χ4n) is 0.768. The molecule has 0 aliphatic carbocycles. The highest BCUT2D eigenvalue weighted by atomic mass is 79.9. The van der Waals surface area contributed by atoms with Gasteiger partial charge in [0, 0.05) is 10.0 Å². The van der Waals surface area contributed by atoms with Crippen LogP contribution in [0.25, 0.3) is 0 Å². The molecule has 0 amide bonds. The van der Waals surface area contributed by atoms with Gasteiger partial charge in [-0.15, -0.1) is 11.6 Å². The lowest BCUT2D eigenvalue weighted by Crippen LogP contribution is -2.06. The van der Waals surface area contributed by atoms with Crippen LogP contribution in [0, 0.1) is 0 Å². The predicted octanol–water partition coefficient (Wildman–Crippen LogP) is 3.59. The number of hydrogen-bond acceptors (Lipinski definition) is 1. The minimum absolute atomic E-state index is 0.127. The van der Waals surface area contributed by atoms with Crippen LogP contribution in [-0.4, -0.2) is 10.1 Å². The molecule has 64 valence electrons. The van der Waals surface area contributed by atoms with Gasteiger partial charge in [0.2, 0.25) is 0 Å². The van der Waals surface area contributed by atoms with Crippen LogP contribution in [0.3, 0.4) is 0 Å². The van der Waals surface area contributed by atoms with Crippen LogP contribution in [0.2, 0.25) is 0 Å².